The van der Waals surface area contributed by atoms with Gasteiger partial charge in [0.2, 0.25) is 5.91 Å². The van der Waals surface area contributed by atoms with Gasteiger partial charge >= 0.3 is 6.09 Å². The maximum absolute atomic E-state index is 11.1. The lowest BCUT2D eigenvalue weighted by Gasteiger charge is -2.19. The van der Waals surface area contributed by atoms with Gasteiger partial charge in [-0.3, -0.25) is 9.52 Å². The van der Waals surface area contributed by atoms with Crippen molar-refractivity contribution in [2.45, 2.75) is 32.8 Å². The van der Waals surface area contributed by atoms with Gasteiger partial charge in [0.05, 0.1) is 0 Å². The number of hydrogen-bond donors (Lipinski definition) is 2. The normalized spacial score (nSPS) is 12.8. The number of nitrogens with one attached hydrogen (secondary N) is 2. The molecule has 2 N–H and O–H groups in total. The molecule has 0 aliphatic heterocycles. The fraction of sp³-hybridized carbons (Fsp3) is 0.778. The van der Waals surface area contributed by atoms with Crippen LogP contribution in [-0.2, 0) is 20.5 Å². The van der Waals surface area contributed by atoms with Crippen LogP contribution in [0.2, 0.25) is 0 Å². The minimum absolute atomic E-state index is 0.0683. The van der Waals surface area contributed by atoms with Crippen molar-refractivity contribution in [1.29, 1.82) is 0 Å². The molecule has 0 aromatic carbocycles. The molecule has 16 heavy (non-hydrogen) atoms. The fourth-order valence-corrected chi connectivity index (χ4v) is 1.23. The second kappa shape index (κ2) is 6.47. The Labute approximate surface area is 97.7 Å². The Morgan fingerprint density at radius 3 is 2.31 bits per heavy atom. The van der Waals surface area contributed by atoms with E-state index in [0.29, 0.717) is 0 Å². The van der Waals surface area contributed by atoms with E-state index in [9.17, 15) is 13.8 Å². The zero-order chi connectivity index (χ0) is 12.8. The van der Waals surface area contributed by atoms with E-state index >= 15 is 0 Å². The summed E-state index contributed by atoms with van der Waals surface area (Å²) in [7, 11) is -1.37. The molecule has 0 aromatic rings. The van der Waals surface area contributed by atoms with Crippen LogP contribution in [0.4, 0.5) is 4.79 Å². The SMILES string of the molecule is CS(=O)NC(=O)CCNC(=O)OC(C)(C)C. The van der Waals surface area contributed by atoms with Crippen LogP contribution in [0.5, 0.6) is 0 Å². The lowest BCUT2D eigenvalue weighted by Crippen LogP contribution is -2.35. The Kier molecular flexibility index (Phi) is 6.02. The number of rotatable bonds is 4. The highest BCUT2D eigenvalue weighted by molar-refractivity contribution is 7.82. The topological polar surface area (TPSA) is 84.5 Å². The standard InChI is InChI=1S/C9H18N2O4S/c1-9(2,3)15-8(13)10-6-5-7(12)11-16(4)14/h5-6H2,1-4H3,(H,10,13)(H,11,12). The Hall–Kier alpha value is -1.11. The molecule has 7 heteroatoms. The Bertz CT molecular complexity index is 286. The molecule has 0 rings (SSSR count). The highest BCUT2D eigenvalue weighted by Crippen LogP contribution is 2.06. The van der Waals surface area contributed by atoms with Gasteiger partial charge in [0.25, 0.3) is 0 Å². The average Bonchev–Trinajstić information content (AvgIpc) is 1.98. The fourth-order valence-electron chi connectivity index (χ4n) is 0.804. The number of carbonyl (C=O) groups excluding carboxylic acids is 2. The second-order valence-electron chi connectivity index (χ2n) is 4.16. The molecule has 0 aromatic heterocycles. The first-order valence-electron chi connectivity index (χ1n) is 4.80. The summed E-state index contributed by atoms with van der Waals surface area (Å²) in [5.74, 6) is -0.378. The summed E-state index contributed by atoms with van der Waals surface area (Å²) >= 11 is 0. The molecule has 2 amide bonds. The third kappa shape index (κ3) is 9.45. The van der Waals surface area contributed by atoms with E-state index in [2.05, 4.69) is 10.0 Å². The number of amides is 2. The molecule has 0 bridgehead atoms. The van der Waals surface area contributed by atoms with Crippen molar-refractivity contribution in [3.63, 3.8) is 0 Å². The van der Waals surface area contributed by atoms with Gasteiger partial charge in [-0.2, -0.15) is 0 Å². The second-order valence-corrected chi connectivity index (χ2v) is 5.27. The van der Waals surface area contributed by atoms with E-state index in [1.165, 1.54) is 6.26 Å². The van der Waals surface area contributed by atoms with Crippen LogP contribution in [0.1, 0.15) is 27.2 Å². The number of ether oxygens (including phenoxy) is 1. The largest absolute Gasteiger partial charge is 0.444 e. The quantitative estimate of drug-likeness (QED) is 0.752. The van der Waals surface area contributed by atoms with Crippen LogP contribution in [-0.4, -0.2) is 34.6 Å². The third-order valence-electron chi connectivity index (χ3n) is 1.28. The zero-order valence-electron chi connectivity index (χ0n) is 9.96. The first-order valence-corrected chi connectivity index (χ1v) is 6.36. The summed E-state index contributed by atoms with van der Waals surface area (Å²) < 4.78 is 17.8. The van der Waals surface area contributed by atoms with E-state index in [4.69, 9.17) is 4.74 Å². The predicted molar refractivity (Wildman–Crippen MR) is 61.1 cm³/mol. The van der Waals surface area contributed by atoms with Crippen molar-refractivity contribution in [3.05, 3.63) is 0 Å². The van der Waals surface area contributed by atoms with E-state index in [1.807, 2.05) is 0 Å². The number of hydrogen-bond acceptors (Lipinski definition) is 4. The van der Waals surface area contributed by atoms with Crippen LogP contribution in [0.15, 0.2) is 0 Å². The van der Waals surface area contributed by atoms with E-state index < -0.39 is 22.7 Å². The van der Waals surface area contributed by atoms with Gasteiger partial charge in [-0.05, 0) is 20.8 Å². The first-order chi connectivity index (χ1) is 7.20. The average molecular weight is 250 g/mol. The number of alkyl carbamates (subject to hydrolysis) is 1. The van der Waals surface area contributed by atoms with Crippen molar-refractivity contribution in [2.75, 3.05) is 12.8 Å². The van der Waals surface area contributed by atoms with E-state index in [0.717, 1.165) is 0 Å². The molecule has 0 spiro atoms. The molecule has 0 aliphatic carbocycles. The molecule has 1 unspecified atom stereocenters. The molecule has 94 valence electrons. The summed E-state index contributed by atoms with van der Waals surface area (Å²) in [5.41, 5.74) is -0.558. The molecule has 0 heterocycles. The Morgan fingerprint density at radius 1 is 1.31 bits per heavy atom. The Morgan fingerprint density at radius 2 is 1.88 bits per heavy atom. The highest BCUT2D eigenvalue weighted by atomic mass is 32.2. The summed E-state index contributed by atoms with van der Waals surface area (Å²) in [6, 6.07) is 0. The van der Waals surface area contributed by atoms with Crippen LogP contribution in [0.25, 0.3) is 0 Å². The molecule has 0 saturated carbocycles. The molecule has 1 atom stereocenters. The molecular weight excluding hydrogens is 232 g/mol. The minimum atomic E-state index is -1.37. The summed E-state index contributed by atoms with van der Waals surface area (Å²) in [4.78, 5) is 22.2. The lowest BCUT2D eigenvalue weighted by atomic mass is 10.2. The van der Waals surface area contributed by atoms with Crippen molar-refractivity contribution >= 4 is 23.0 Å². The van der Waals surface area contributed by atoms with Crippen LogP contribution < -0.4 is 10.0 Å². The minimum Gasteiger partial charge on any atom is -0.444 e. The smallest absolute Gasteiger partial charge is 0.407 e. The van der Waals surface area contributed by atoms with Gasteiger partial charge in [-0.15, -0.1) is 0 Å². The molecule has 0 radical (unpaired) electrons. The summed E-state index contributed by atoms with van der Waals surface area (Å²) in [6.45, 7) is 5.40. The monoisotopic (exact) mass is 250 g/mol. The van der Waals surface area contributed by atoms with Crippen molar-refractivity contribution < 1.29 is 18.5 Å². The first kappa shape index (κ1) is 14.9. The van der Waals surface area contributed by atoms with E-state index in [1.54, 1.807) is 20.8 Å². The Balaban J connectivity index is 3.70. The van der Waals surface area contributed by atoms with Crippen molar-refractivity contribution in [3.8, 4) is 0 Å². The van der Waals surface area contributed by atoms with Crippen LogP contribution in [0, 0.1) is 0 Å². The van der Waals surface area contributed by atoms with Gasteiger partial charge in [0, 0.05) is 19.2 Å². The maximum atomic E-state index is 11.1. The maximum Gasteiger partial charge on any atom is 0.407 e. The molecular formula is C9H18N2O4S. The molecule has 0 fully saturated rings. The summed E-state index contributed by atoms with van der Waals surface area (Å²) in [5, 5.41) is 2.42. The van der Waals surface area contributed by atoms with E-state index in [-0.39, 0.29) is 18.9 Å². The number of carbonyl (C=O) groups is 2. The van der Waals surface area contributed by atoms with Crippen molar-refractivity contribution in [2.24, 2.45) is 0 Å². The summed E-state index contributed by atoms with van der Waals surface area (Å²) in [6.07, 6.45) is 0.857. The van der Waals surface area contributed by atoms with Gasteiger partial charge in [0.1, 0.15) is 16.6 Å². The molecule has 6 nitrogen and oxygen atoms in total. The molecule has 0 aliphatic rings. The highest BCUT2D eigenvalue weighted by Gasteiger charge is 2.15. The van der Waals surface area contributed by atoms with Crippen LogP contribution >= 0.6 is 0 Å². The lowest BCUT2D eigenvalue weighted by molar-refractivity contribution is -0.119. The predicted octanol–water partition coefficient (Wildman–Crippen LogP) is 0.311. The molecule has 0 saturated heterocycles. The zero-order valence-corrected chi connectivity index (χ0v) is 10.8. The van der Waals surface area contributed by atoms with Gasteiger partial charge in [0.15, 0.2) is 0 Å². The van der Waals surface area contributed by atoms with Gasteiger partial charge < -0.3 is 10.1 Å². The van der Waals surface area contributed by atoms with Gasteiger partial charge in [-0.1, -0.05) is 0 Å². The van der Waals surface area contributed by atoms with Gasteiger partial charge in [-0.25, -0.2) is 9.00 Å². The third-order valence-corrected chi connectivity index (χ3v) is 1.79. The van der Waals surface area contributed by atoms with Crippen molar-refractivity contribution in [1.82, 2.24) is 10.0 Å². The van der Waals surface area contributed by atoms with Crippen LogP contribution in [0.3, 0.4) is 0 Å².